The maximum absolute atomic E-state index is 9.55. The Bertz CT molecular complexity index is 372. The summed E-state index contributed by atoms with van der Waals surface area (Å²) in [6.07, 6.45) is 4.53. The summed E-state index contributed by atoms with van der Waals surface area (Å²) in [4.78, 5) is 0. The summed E-state index contributed by atoms with van der Waals surface area (Å²) >= 11 is 0. The molecule has 0 aliphatic rings. The van der Waals surface area contributed by atoms with Crippen molar-refractivity contribution in [2.45, 2.75) is 59.5 Å². The van der Waals surface area contributed by atoms with Crippen molar-refractivity contribution >= 4 is 0 Å². The molecule has 1 N–H and O–H groups in total. The molecule has 1 aromatic rings. The lowest BCUT2D eigenvalue weighted by molar-refractivity contribution is 0.198. The third-order valence-corrected chi connectivity index (χ3v) is 3.70. The van der Waals surface area contributed by atoms with Crippen molar-refractivity contribution in [1.82, 2.24) is 0 Å². The number of ether oxygens (including phenoxy) is 1. The Balaban J connectivity index is 2.57. The third kappa shape index (κ3) is 5.23. The number of hydrogen-bond donors (Lipinski definition) is 1. The summed E-state index contributed by atoms with van der Waals surface area (Å²) < 4.78 is 5.94. The standard InChI is InChI=1S/C17H28O2/c1-5-7-8-15(6-2)12-19-17-10-9-16(14(4)18)11-13(17)3/h9-11,14-15,18H,5-8,12H2,1-4H3. The van der Waals surface area contributed by atoms with Crippen LogP contribution in [0.25, 0.3) is 0 Å². The van der Waals surface area contributed by atoms with Crippen LogP contribution in [0.2, 0.25) is 0 Å². The highest BCUT2D eigenvalue weighted by Gasteiger charge is 2.09. The molecule has 0 radical (unpaired) electrons. The Morgan fingerprint density at radius 2 is 2.00 bits per heavy atom. The fraction of sp³-hybridized carbons (Fsp3) is 0.647. The molecular weight excluding hydrogens is 236 g/mol. The molecular formula is C17H28O2. The summed E-state index contributed by atoms with van der Waals surface area (Å²) in [5, 5.41) is 9.55. The van der Waals surface area contributed by atoms with Gasteiger partial charge in [0.25, 0.3) is 0 Å². The van der Waals surface area contributed by atoms with Crippen LogP contribution in [0.4, 0.5) is 0 Å². The van der Waals surface area contributed by atoms with Crippen molar-refractivity contribution in [2.24, 2.45) is 5.92 Å². The topological polar surface area (TPSA) is 29.5 Å². The average molecular weight is 264 g/mol. The van der Waals surface area contributed by atoms with Crippen LogP contribution in [0.5, 0.6) is 5.75 Å². The van der Waals surface area contributed by atoms with Crippen LogP contribution in [-0.2, 0) is 0 Å². The number of benzene rings is 1. The summed E-state index contributed by atoms with van der Waals surface area (Å²) in [6, 6.07) is 5.93. The molecule has 0 saturated heterocycles. The van der Waals surface area contributed by atoms with Gasteiger partial charge in [-0.2, -0.15) is 0 Å². The molecule has 0 spiro atoms. The van der Waals surface area contributed by atoms with Gasteiger partial charge in [-0.05, 0) is 49.4 Å². The maximum Gasteiger partial charge on any atom is 0.122 e. The van der Waals surface area contributed by atoms with E-state index in [1.807, 2.05) is 25.1 Å². The van der Waals surface area contributed by atoms with Gasteiger partial charge in [0.15, 0.2) is 0 Å². The van der Waals surface area contributed by atoms with Crippen molar-refractivity contribution in [3.8, 4) is 5.75 Å². The van der Waals surface area contributed by atoms with E-state index in [0.29, 0.717) is 5.92 Å². The molecule has 1 rings (SSSR count). The second-order valence-corrected chi connectivity index (χ2v) is 5.43. The molecule has 2 nitrogen and oxygen atoms in total. The minimum Gasteiger partial charge on any atom is -0.493 e. The van der Waals surface area contributed by atoms with Crippen LogP contribution in [0.3, 0.4) is 0 Å². The number of aliphatic hydroxyl groups excluding tert-OH is 1. The molecule has 0 amide bonds. The number of hydrogen-bond acceptors (Lipinski definition) is 2. The predicted octanol–water partition coefficient (Wildman–Crippen LogP) is 4.64. The summed E-state index contributed by atoms with van der Waals surface area (Å²) in [7, 11) is 0. The largest absolute Gasteiger partial charge is 0.493 e. The Labute approximate surface area is 117 Å². The maximum atomic E-state index is 9.55. The minimum atomic E-state index is -0.416. The first-order valence-electron chi connectivity index (χ1n) is 7.49. The van der Waals surface area contributed by atoms with Gasteiger partial charge < -0.3 is 9.84 Å². The van der Waals surface area contributed by atoms with Crippen LogP contribution in [0.15, 0.2) is 18.2 Å². The van der Waals surface area contributed by atoms with E-state index >= 15 is 0 Å². The second kappa shape index (κ2) is 8.21. The van der Waals surface area contributed by atoms with Gasteiger partial charge in [0.2, 0.25) is 0 Å². The zero-order chi connectivity index (χ0) is 14.3. The van der Waals surface area contributed by atoms with Crippen LogP contribution in [0.1, 0.15) is 63.7 Å². The van der Waals surface area contributed by atoms with E-state index in [2.05, 4.69) is 13.8 Å². The molecule has 0 saturated carbocycles. The van der Waals surface area contributed by atoms with Crippen molar-refractivity contribution in [3.05, 3.63) is 29.3 Å². The average Bonchev–Trinajstić information content (AvgIpc) is 2.40. The molecule has 0 bridgehead atoms. The fourth-order valence-corrected chi connectivity index (χ4v) is 2.20. The van der Waals surface area contributed by atoms with E-state index in [-0.39, 0.29) is 0 Å². The molecule has 0 aliphatic carbocycles. The van der Waals surface area contributed by atoms with Gasteiger partial charge in [-0.15, -0.1) is 0 Å². The van der Waals surface area contributed by atoms with Gasteiger partial charge in [-0.1, -0.05) is 39.2 Å². The zero-order valence-electron chi connectivity index (χ0n) is 12.8. The summed E-state index contributed by atoms with van der Waals surface area (Å²) in [5.41, 5.74) is 2.05. The lowest BCUT2D eigenvalue weighted by atomic mass is 10.0. The first-order valence-corrected chi connectivity index (χ1v) is 7.49. The number of unbranched alkanes of at least 4 members (excludes halogenated alkanes) is 1. The third-order valence-electron chi connectivity index (χ3n) is 3.70. The second-order valence-electron chi connectivity index (χ2n) is 5.43. The minimum absolute atomic E-state index is 0.416. The van der Waals surface area contributed by atoms with Gasteiger partial charge in [-0.25, -0.2) is 0 Å². The first-order chi connectivity index (χ1) is 9.08. The Morgan fingerprint density at radius 1 is 1.26 bits per heavy atom. The normalized spacial score (nSPS) is 14.2. The van der Waals surface area contributed by atoms with E-state index in [1.54, 1.807) is 6.92 Å². The molecule has 2 unspecified atom stereocenters. The number of aliphatic hydroxyl groups is 1. The van der Waals surface area contributed by atoms with Gasteiger partial charge in [-0.3, -0.25) is 0 Å². The highest BCUT2D eigenvalue weighted by molar-refractivity contribution is 5.36. The SMILES string of the molecule is CCCCC(CC)COc1ccc(C(C)O)cc1C. The van der Waals surface area contributed by atoms with Gasteiger partial charge in [0, 0.05) is 0 Å². The monoisotopic (exact) mass is 264 g/mol. The molecule has 0 aliphatic heterocycles. The molecule has 2 heteroatoms. The van der Waals surface area contributed by atoms with Crippen LogP contribution in [-0.4, -0.2) is 11.7 Å². The Kier molecular flexibility index (Phi) is 6.93. The molecule has 1 aromatic carbocycles. The quantitative estimate of drug-likeness (QED) is 0.741. The Morgan fingerprint density at radius 3 is 2.53 bits per heavy atom. The van der Waals surface area contributed by atoms with Crippen molar-refractivity contribution < 1.29 is 9.84 Å². The molecule has 108 valence electrons. The Hall–Kier alpha value is -1.02. The van der Waals surface area contributed by atoms with Crippen LogP contribution in [0, 0.1) is 12.8 Å². The summed E-state index contributed by atoms with van der Waals surface area (Å²) in [6.45, 7) is 9.08. The molecule has 19 heavy (non-hydrogen) atoms. The lowest BCUT2D eigenvalue weighted by Gasteiger charge is -2.17. The highest BCUT2D eigenvalue weighted by Crippen LogP contribution is 2.24. The molecule has 0 fully saturated rings. The van der Waals surface area contributed by atoms with E-state index < -0.39 is 6.10 Å². The van der Waals surface area contributed by atoms with Crippen molar-refractivity contribution in [1.29, 1.82) is 0 Å². The molecule has 2 atom stereocenters. The van der Waals surface area contributed by atoms with E-state index in [4.69, 9.17) is 4.74 Å². The fourth-order valence-electron chi connectivity index (χ4n) is 2.20. The van der Waals surface area contributed by atoms with Gasteiger partial charge in [0.05, 0.1) is 12.7 Å². The van der Waals surface area contributed by atoms with Gasteiger partial charge in [0.1, 0.15) is 5.75 Å². The molecule has 0 aromatic heterocycles. The van der Waals surface area contributed by atoms with Crippen molar-refractivity contribution in [3.63, 3.8) is 0 Å². The van der Waals surface area contributed by atoms with Crippen LogP contribution < -0.4 is 4.74 Å². The van der Waals surface area contributed by atoms with Crippen LogP contribution >= 0.6 is 0 Å². The number of aryl methyl sites for hydroxylation is 1. The smallest absolute Gasteiger partial charge is 0.122 e. The first kappa shape index (κ1) is 16.0. The van der Waals surface area contributed by atoms with E-state index in [1.165, 1.54) is 25.7 Å². The van der Waals surface area contributed by atoms with E-state index in [0.717, 1.165) is 23.5 Å². The number of rotatable bonds is 8. The molecule has 0 heterocycles. The lowest BCUT2D eigenvalue weighted by Crippen LogP contribution is -2.12. The summed E-state index contributed by atoms with van der Waals surface area (Å²) in [5.74, 6) is 1.59. The van der Waals surface area contributed by atoms with Gasteiger partial charge >= 0.3 is 0 Å². The predicted molar refractivity (Wildman–Crippen MR) is 80.6 cm³/mol. The highest BCUT2D eigenvalue weighted by atomic mass is 16.5. The van der Waals surface area contributed by atoms with E-state index in [9.17, 15) is 5.11 Å². The van der Waals surface area contributed by atoms with Crippen molar-refractivity contribution in [2.75, 3.05) is 6.61 Å². The zero-order valence-corrected chi connectivity index (χ0v) is 12.8.